The maximum absolute atomic E-state index is 11.8. The van der Waals surface area contributed by atoms with Crippen LogP contribution in [0.2, 0.25) is 0 Å². The van der Waals surface area contributed by atoms with E-state index in [1.54, 1.807) is 0 Å². The Balaban J connectivity index is 1.61. The van der Waals surface area contributed by atoms with E-state index < -0.39 is 0 Å². The van der Waals surface area contributed by atoms with Crippen molar-refractivity contribution < 1.29 is 9.53 Å². The van der Waals surface area contributed by atoms with Crippen LogP contribution in [0.4, 0.5) is 0 Å². The number of methoxy groups -OCH3 is 1. The van der Waals surface area contributed by atoms with Gasteiger partial charge in [0, 0.05) is 32.2 Å². The van der Waals surface area contributed by atoms with Crippen molar-refractivity contribution in [1.82, 2.24) is 10.2 Å². The number of hydrogen-bond acceptors (Lipinski definition) is 4. The highest BCUT2D eigenvalue weighted by Crippen LogP contribution is 2.28. The number of nitrogens with zero attached hydrogens (tertiary/aromatic N) is 1. The minimum Gasteiger partial charge on any atom is -0.465 e. The van der Waals surface area contributed by atoms with Crippen molar-refractivity contribution in [3.8, 4) is 0 Å². The average Bonchev–Trinajstić information content (AvgIpc) is 2.86. The summed E-state index contributed by atoms with van der Waals surface area (Å²) in [5, 5.41) is 3.47. The van der Waals surface area contributed by atoms with Crippen LogP contribution in [0.5, 0.6) is 0 Å². The van der Waals surface area contributed by atoms with Gasteiger partial charge in [0.1, 0.15) is 0 Å². The molecule has 0 amide bonds. The van der Waals surface area contributed by atoms with Crippen LogP contribution in [0.1, 0.15) is 125 Å². The summed E-state index contributed by atoms with van der Waals surface area (Å²) in [5.41, 5.74) is 1.97. The van der Waals surface area contributed by atoms with Crippen molar-refractivity contribution in [2.45, 2.75) is 109 Å². The van der Waals surface area contributed by atoms with Crippen LogP contribution in [0.3, 0.4) is 0 Å². The number of unbranched alkanes of at least 4 members (excludes halogenated alkanes) is 13. The summed E-state index contributed by atoms with van der Waals surface area (Å²) in [6.45, 7) is 6.62. The predicted molar refractivity (Wildman–Crippen MR) is 140 cm³/mol. The molecule has 0 spiro atoms. The molecule has 33 heavy (non-hydrogen) atoms. The molecule has 1 aromatic rings. The Labute approximate surface area is 203 Å². The molecule has 1 N–H and O–H groups in total. The van der Waals surface area contributed by atoms with Gasteiger partial charge in [0.15, 0.2) is 0 Å². The number of benzene rings is 1. The van der Waals surface area contributed by atoms with E-state index in [-0.39, 0.29) is 5.97 Å². The number of ether oxygens (including phenoxy) is 1. The lowest BCUT2D eigenvalue weighted by molar-refractivity contribution is 0.0600. The zero-order chi connectivity index (χ0) is 23.6. The molecule has 1 aliphatic heterocycles. The van der Waals surface area contributed by atoms with E-state index in [0.717, 1.165) is 26.2 Å². The van der Waals surface area contributed by atoms with Crippen molar-refractivity contribution in [3.05, 3.63) is 35.4 Å². The molecule has 188 valence electrons. The highest BCUT2D eigenvalue weighted by molar-refractivity contribution is 5.89. The molecular formula is C29H50N2O2. The second-order valence-corrected chi connectivity index (χ2v) is 9.80. The maximum Gasteiger partial charge on any atom is 0.337 e. The Morgan fingerprint density at radius 3 is 1.79 bits per heavy atom. The molecule has 1 atom stereocenters. The minimum atomic E-state index is -0.257. The quantitative estimate of drug-likeness (QED) is 0.185. The van der Waals surface area contributed by atoms with Crippen molar-refractivity contribution >= 4 is 5.97 Å². The second kappa shape index (κ2) is 18.0. The van der Waals surface area contributed by atoms with Gasteiger partial charge in [-0.3, -0.25) is 4.90 Å². The molecule has 0 saturated carbocycles. The van der Waals surface area contributed by atoms with E-state index in [2.05, 4.69) is 29.3 Å². The molecule has 1 aliphatic rings. The van der Waals surface area contributed by atoms with E-state index in [0.29, 0.717) is 11.6 Å². The van der Waals surface area contributed by atoms with Crippen LogP contribution in [0, 0.1) is 0 Å². The van der Waals surface area contributed by atoms with Gasteiger partial charge in [0.05, 0.1) is 12.7 Å². The fraction of sp³-hybridized carbons (Fsp3) is 0.759. The topological polar surface area (TPSA) is 41.6 Å². The van der Waals surface area contributed by atoms with Gasteiger partial charge in [0.25, 0.3) is 0 Å². The van der Waals surface area contributed by atoms with Crippen LogP contribution in [0.25, 0.3) is 0 Å². The smallest absolute Gasteiger partial charge is 0.337 e. The average molecular weight is 459 g/mol. The normalized spacial score (nSPS) is 15.5. The number of carbonyl (C=O) groups is 1. The summed E-state index contributed by atoms with van der Waals surface area (Å²) >= 11 is 0. The number of carbonyl (C=O) groups excluding carboxylic acids is 1. The number of rotatable bonds is 18. The van der Waals surface area contributed by atoms with Gasteiger partial charge in [-0.05, 0) is 24.1 Å². The number of esters is 1. The number of piperazine rings is 1. The molecule has 1 aromatic carbocycles. The fourth-order valence-electron chi connectivity index (χ4n) is 5.05. The standard InChI is InChI=1S/C29H50N2O2/c1-3-4-5-6-7-8-9-10-11-12-13-14-15-16-17-28(31-24-22-30-23-25-31)26-18-20-27(21-19-26)29(32)33-2/h18-21,28,30H,3-17,22-25H2,1-2H3. The molecule has 2 rings (SSSR count). The van der Waals surface area contributed by atoms with Crippen molar-refractivity contribution in [2.24, 2.45) is 0 Å². The van der Waals surface area contributed by atoms with Crippen LogP contribution in [0.15, 0.2) is 24.3 Å². The summed E-state index contributed by atoms with van der Waals surface area (Å²) in [7, 11) is 1.44. The molecular weight excluding hydrogens is 408 g/mol. The molecule has 0 radical (unpaired) electrons. The number of nitrogens with one attached hydrogen (secondary N) is 1. The zero-order valence-electron chi connectivity index (χ0n) is 21.6. The Morgan fingerprint density at radius 2 is 1.30 bits per heavy atom. The van der Waals surface area contributed by atoms with Gasteiger partial charge in [-0.25, -0.2) is 4.79 Å². The largest absolute Gasteiger partial charge is 0.465 e. The second-order valence-electron chi connectivity index (χ2n) is 9.80. The Morgan fingerprint density at radius 1 is 0.818 bits per heavy atom. The summed E-state index contributed by atoms with van der Waals surface area (Å²) in [4.78, 5) is 14.4. The maximum atomic E-state index is 11.8. The van der Waals surface area contributed by atoms with Gasteiger partial charge < -0.3 is 10.1 Å². The highest BCUT2D eigenvalue weighted by Gasteiger charge is 2.22. The van der Waals surface area contributed by atoms with Gasteiger partial charge in [0.2, 0.25) is 0 Å². The summed E-state index contributed by atoms with van der Waals surface area (Å²) in [6, 6.07) is 8.55. The van der Waals surface area contributed by atoms with Crippen LogP contribution in [-0.2, 0) is 4.74 Å². The van der Waals surface area contributed by atoms with Gasteiger partial charge >= 0.3 is 5.97 Å². The van der Waals surface area contributed by atoms with E-state index in [9.17, 15) is 4.79 Å². The molecule has 0 aromatic heterocycles. The minimum absolute atomic E-state index is 0.257. The number of hydrogen-bond donors (Lipinski definition) is 1. The summed E-state index contributed by atoms with van der Waals surface area (Å²) < 4.78 is 4.85. The Bertz CT molecular complexity index is 611. The first-order valence-corrected chi connectivity index (χ1v) is 13.9. The van der Waals surface area contributed by atoms with E-state index in [1.807, 2.05) is 12.1 Å². The Kier molecular flexibility index (Phi) is 15.2. The van der Waals surface area contributed by atoms with Gasteiger partial charge in [-0.1, -0.05) is 109 Å². The third kappa shape index (κ3) is 11.5. The lowest BCUT2D eigenvalue weighted by atomic mass is 9.96. The van der Waals surface area contributed by atoms with E-state index in [1.165, 1.54) is 109 Å². The monoisotopic (exact) mass is 458 g/mol. The molecule has 0 aliphatic carbocycles. The third-order valence-corrected chi connectivity index (χ3v) is 7.14. The van der Waals surface area contributed by atoms with E-state index in [4.69, 9.17) is 4.74 Å². The molecule has 1 saturated heterocycles. The molecule has 1 heterocycles. The molecule has 1 unspecified atom stereocenters. The Hall–Kier alpha value is -1.39. The third-order valence-electron chi connectivity index (χ3n) is 7.14. The van der Waals surface area contributed by atoms with Crippen molar-refractivity contribution in [3.63, 3.8) is 0 Å². The molecule has 0 bridgehead atoms. The first kappa shape index (κ1) is 27.9. The first-order valence-electron chi connectivity index (χ1n) is 13.9. The first-order chi connectivity index (χ1) is 16.3. The van der Waals surface area contributed by atoms with Crippen LogP contribution in [-0.4, -0.2) is 44.2 Å². The lowest BCUT2D eigenvalue weighted by Gasteiger charge is -2.35. The molecule has 4 heteroatoms. The van der Waals surface area contributed by atoms with Crippen molar-refractivity contribution in [1.29, 1.82) is 0 Å². The summed E-state index contributed by atoms with van der Waals surface area (Å²) in [6.07, 6.45) is 20.8. The van der Waals surface area contributed by atoms with Gasteiger partial charge in [-0.2, -0.15) is 0 Å². The van der Waals surface area contributed by atoms with Crippen LogP contribution < -0.4 is 5.32 Å². The highest BCUT2D eigenvalue weighted by atomic mass is 16.5. The lowest BCUT2D eigenvalue weighted by Crippen LogP contribution is -2.45. The molecule has 4 nitrogen and oxygen atoms in total. The van der Waals surface area contributed by atoms with Gasteiger partial charge in [-0.15, -0.1) is 0 Å². The van der Waals surface area contributed by atoms with Crippen molar-refractivity contribution in [2.75, 3.05) is 33.3 Å². The fourth-order valence-corrected chi connectivity index (χ4v) is 5.05. The summed E-state index contributed by atoms with van der Waals surface area (Å²) in [5.74, 6) is -0.257. The predicted octanol–water partition coefficient (Wildman–Crippen LogP) is 7.29. The SMILES string of the molecule is CCCCCCCCCCCCCCCCC(c1ccc(C(=O)OC)cc1)N1CCNCC1. The van der Waals surface area contributed by atoms with E-state index >= 15 is 0 Å². The molecule has 1 fully saturated rings. The zero-order valence-corrected chi connectivity index (χ0v) is 21.6. The van der Waals surface area contributed by atoms with Crippen LogP contribution >= 0.6 is 0 Å².